The first-order valence-electron chi connectivity index (χ1n) is 7.20. The molecule has 21 heavy (non-hydrogen) atoms. The SMILES string of the molecule is CC1(C)CCC(NS(=O)(=O)c2ccc3c(c2)CC(=O)N3)C1. The first-order chi connectivity index (χ1) is 9.75. The molecule has 1 unspecified atom stereocenters. The van der Waals surface area contributed by atoms with Gasteiger partial charge in [0.05, 0.1) is 11.3 Å². The molecular weight excluding hydrogens is 288 g/mol. The molecule has 1 aromatic rings. The molecule has 1 aliphatic heterocycles. The van der Waals surface area contributed by atoms with E-state index in [9.17, 15) is 13.2 Å². The van der Waals surface area contributed by atoms with Crippen molar-refractivity contribution in [2.75, 3.05) is 5.32 Å². The molecule has 3 rings (SSSR count). The number of sulfonamides is 1. The summed E-state index contributed by atoms with van der Waals surface area (Å²) in [7, 11) is -3.52. The second-order valence-electron chi connectivity index (χ2n) is 6.77. The summed E-state index contributed by atoms with van der Waals surface area (Å²) < 4.78 is 27.7. The minimum absolute atomic E-state index is 0.00184. The number of nitrogens with one attached hydrogen (secondary N) is 2. The summed E-state index contributed by atoms with van der Waals surface area (Å²) in [6.45, 7) is 4.32. The Morgan fingerprint density at radius 2 is 2.10 bits per heavy atom. The van der Waals surface area contributed by atoms with Gasteiger partial charge in [-0.05, 0) is 48.4 Å². The number of hydrogen-bond donors (Lipinski definition) is 2. The van der Waals surface area contributed by atoms with E-state index in [-0.39, 0.29) is 28.7 Å². The fourth-order valence-corrected chi connectivity index (χ4v) is 4.52. The van der Waals surface area contributed by atoms with Crippen molar-refractivity contribution in [1.82, 2.24) is 4.72 Å². The number of amides is 1. The Kier molecular flexibility index (Phi) is 3.33. The number of carbonyl (C=O) groups excluding carboxylic acids is 1. The lowest BCUT2D eigenvalue weighted by Crippen LogP contribution is -2.33. The highest BCUT2D eigenvalue weighted by atomic mass is 32.2. The smallest absolute Gasteiger partial charge is 0.240 e. The zero-order valence-electron chi connectivity index (χ0n) is 12.3. The molecule has 1 amide bonds. The molecule has 6 heteroatoms. The minimum atomic E-state index is -3.52. The Balaban J connectivity index is 1.80. The maximum atomic E-state index is 12.5. The summed E-state index contributed by atoms with van der Waals surface area (Å²) in [6.07, 6.45) is 3.01. The van der Waals surface area contributed by atoms with E-state index in [2.05, 4.69) is 23.9 Å². The van der Waals surface area contributed by atoms with Crippen molar-refractivity contribution < 1.29 is 13.2 Å². The van der Waals surface area contributed by atoms with Crippen LogP contribution in [-0.4, -0.2) is 20.4 Å². The van der Waals surface area contributed by atoms with Gasteiger partial charge in [0, 0.05) is 11.7 Å². The molecule has 1 aromatic carbocycles. The van der Waals surface area contributed by atoms with E-state index in [0.717, 1.165) is 24.8 Å². The molecular formula is C15H20N2O3S. The van der Waals surface area contributed by atoms with Crippen LogP contribution in [-0.2, 0) is 21.2 Å². The fourth-order valence-electron chi connectivity index (χ4n) is 3.20. The van der Waals surface area contributed by atoms with Crippen LogP contribution in [0.15, 0.2) is 23.1 Å². The Bertz CT molecular complexity index is 695. The normalized spacial score (nSPS) is 23.9. The molecule has 1 heterocycles. The highest BCUT2D eigenvalue weighted by Crippen LogP contribution is 2.37. The molecule has 114 valence electrons. The Labute approximate surface area is 125 Å². The molecule has 0 spiro atoms. The van der Waals surface area contributed by atoms with Gasteiger partial charge >= 0.3 is 0 Å². The Morgan fingerprint density at radius 1 is 1.33 bits per heavy atom. The number of carbonyl (C=O) groups is 1. The van der Waals surface area contributed by atoms with Gasteiger partial charge in [-0.15, -0.1) is 0 Å². The summed E-state index contributed by atoms with van der Waals surface area (Å²) >= 11 is 0. The first kappa shape index (κ1) is 14.5. The molecule has 1 aliphatic carbocycles. The van der Waals surface area contributed by atoms with Crippen molar-refractivity contribution in [2.45, 2.75) is 50.5 Å². The summed E-state index contributed by atoms with van der Waals surface area (Å²) in [5, 5.41) is 2.71. The zero-order valence-corrected chi connectivity index (χ0v) is 13.1. The molecule has 0 radical (unpaired) electrons. The number of anilines is 1. The zero-order chi connectivity index (χ0) is 15.3. The van der Waals surface area contributed by atoms with Crippen LogP contribution in [0.3, 0.4) is 0 Å². The predicted molar refractivity (Wildman–Crippen MR) is 80.5 cm³/mol. The molecule has 1 fully saturated rings. The van der Waals surface area contributed by atoms with E-state index in [1.165, 1.54) is 0 Å². The van der Waals surface area contributed by atoms with Crippen molar-refractivity contribution >= 4 is 21.6 Å². The van der Waals surface area contributed by atoms with Crippen molar-refractivity contribution in [3.8, 4) is 0 Å². The van der Waals surface area contributed by atoms with Crippen molar-refractivity contribution in [1.29, 1.82) is 0 Å². The lowest BCUT2D eigenvalue weighted by molar-refractivity contribution is -0.115. The van der Waals surface area contributed by atoms with E-state index < -0.39 is 10.0 Å². The van der Waals surface area contributed by atoms with Gasteiger partial charge in [-0.1, -0.05) is 13.8 Å². The maximum absolute atomic E-state index is 12.5. The third-order valence-corrected chi connectivity index (χ3v) is 5.82. The van der Waals surface area contributed by atoms with Crippen LogP contribution in [0.1, 0.15) is 38.7 Å². The fraction of sp³-hybridized carbons (Fsp3) is 0.533. The van der Waals surface area contributed by atoms with Crippen molar-refractivity contribution in [2.24, 2.45) is 5.41 Å². The Hall–Kier alpha value is -1.40. The summed E-state index contributed by atoms with van der Waals surface area (Å²) in [4.78, 5) is 11.6. The highest BCUT2D eigenvalue weighted by molar-refractivity contribution is 7.89. The van der Waals surface area contributed by atoms with Crippen LogP contribution in [0.4, 0.5) is 5.69 Å². The number of rotatable bonds is 3. The van der Waals surface area contributed by atoms with E-state index in [1.807, 2.05) is 0 Å². The minimum Gasteiger partial charge on any atom is -0.326 e. The van der Waals surface area contributed by atoms with Gasteiger partial charge in [0.2, 0.25) is 15.9 Å². The summed E-state index contributed by atoms with van der Waals surface area (Å²) in [5.41, 5.74) is 1.65. The molecule has 1 atom stereocenters. The third-order valence-electron chi connectivity index (χ3n) is 4.30. The van der Waals surface area contributed by atoms with Gasteiger partial charge in [0.1, 0.15) is 0 Å². The molecule has 1 saturated carbocycles. The van der Waals surface area contributed by atoms with Crippen molar-refractivity contribution in [3.63, 3.8) is 0 Å². The van der Waals surface area contributed by atoms with Crippen LogP contribution in [0.5, 0.6) is 0 Å². The monoisotopic (exact) mass is 308 g/mol. The van der Waals surface area contributed by atoms with Crippen LogP contribution in [0, 0.1) is 5.41 Å². The quantitative estimate of drug-likeness (QED) is 0.897. The first-order valence-corrected chi connectivity index (χ1v) is 8.69. The average Bonchev–Trinajstić information content (AvgIpc) is 2.89. The summed E-state index contributed by atoms with van der Waals surface area (Å²) in [5.74, 6) is -0.0925. The van der Waals surface area contributed by atoms with E-state index in [0.29, 0.717) is 5.69 Å². The lowest BCUT2D eigenvalue weighted by Gasteiger charge is -2.18. The Morgan fingerprint density at radius 3 is 2.76 bits per heavy atom. The van der Waals surface area contributed by atoms with Gasteiger partial charge in [0.25, 0.3) is 0 Å². The number of fused-ring (bicyclic) bond motifs is 1. The molecule has 0 aromatic heterocycles. The van der Waals surface area contributed by atoms with Crippen LogP contribution >= 0.6 is 0 Å². The lowest BCUT2D eigenvalue weighted by atomic mass is 9.92. The molecule has 2 aliphatic rings. The second kappa shape index (κ2) is 4.81. The van der Waals surface area contributed by atoms with E-state index >= 15 is 0 Å². The largest absolute Gasteiger partial charge is 0.326 e. The van der Waals surface area contributed by atoms with E-state index in [1.54, 1.807) is 18.2 Å². The predicted octanol–water partition coefficient (Wildman–Crippen LogP) is 2.04. The molecule has 0 saturated heterocycles. The number of hydrogen-bond acceptors (Lipinski definition) is 3. The van der Waals surface area contributed by atoms with Crippen LogP contribution < -0.4 is 10.0 Å². The van der Waals surface area contributed by atoms with Crippen LogP contribution in [0.25, 0.3) is 0 Å². The second-order valence-corrected chi connectivity index (χ2v) is 8.48. The highest BCUT2D eigenvalue weighted by Gasteiger charge is 2.33. The van der Waals surface area contributed by atoms with Gasteiger partial charge in [-0.3, -0.25) is 4.79 Å². The van der Waals surface area contributed by atoms with Crippen LogP contribution in [0.2, 0.25) is 0 Å². The third kappa shape index (κ3) is 2.96. The molecule has 5 nitrogen and oxygen atoms in total. The van der Waals surface area contributed by atoms with Gasteiger partial charge < -0.3 is 5.32 Å². The average molecular weight is 308 g/mol. The standard InChI is InChI=1S/C15H20N2O3S/c1-15(2)6-5-11(9-15)17-21(19,20)12-3-4-13-10(7-12)8-14(18)16-13/h3-4,7,11,17H,5-6,8-9H2,1-2H3,(H,16,18). The van der Waals surface area contributed by atoms with Gasteiger partial charge in [-0.2, -0.15) is 0 Å². The van der Waals surface area contributed by atoms with Gasteiger partial charge in [-0.25, -0.2) is 13.1 Å². The van der Waals surface area contributed by atoms with Gasteiger partial charge in [0.15, 0.2) is 0 Å². The maximum Gasteiger partial charge on any atom is 0.240 e. The topological polar surface area (TPSA) is 75.3 Å². The summed E-state index contributed by atoms with van der Waals surface area (Å²) in [6, 6.07) is 4.80. The van der Waals surface area contributed by atoms with Crippen molar-refractivity contribution in [3.05, 3.63) is 23.8 Å². The number of benzene rings is 1. The molecule has 0 bridgehead atoms. The van der Waals surface area contributed by atoms with E-state index in [4.69, 9.17) is 0 Å². The molecule has 2 N–H and O–H groups in total.